The summed E-state index contributed by atoms with van der Waals surface area (Å²) in [5.41, 5.74) is 0.282. The molecule has 0 amide bonds. The minimum Gasteiger partial charge on any atom is -0.382 e. The fourth-order valence-corrected chi connectivity index (χ4v) is 2.75. The predicted octanol–water partition coefficient (Wildman–Crippen LogP) is 0.833. The highest BCUT2D eigenvalue weighted by atomic mass is 19.1. The first kappa shape index (κ1) is 16.5. The van der Waals surface area contributed by atoms with Crippen molar-refractivity contribution >= 4 is 5.95 Å². The van der Waals surface area contributed by atoms with Gasteiger partial charge in [0.15, 0.2) is 5.82 Å². The van der Waals surface area contributed by atoms with E-state index in [2.05, 4.69) is 9.97 Å². The molecule has 1 aliphatic heterocycles. The second-order valence-corrected chi connectivity index (χ2v) is 5.57. The number of methoxy groups -OCH3 is 1. The first-order valence-electron chi connectivity index (χ1n) is 7.63. The second-order valence-electron chi connectivity index (χ2n) is 5.57. The summed E-state index contributed by atoms with van der Waals surface area (Å²) in [5.74, 6) is -0.0429. The Balaban J connectivity index is 2.07. The van der Waals surface area contributed by atoms with Crippen molar-refractivity contribution in [2.75, 3.05) is 38.4 Å². The fraction of sp³-hybridized carbons (Fsp3) is 0.438. The number of rotatable bonds is 4. The molecule has 3 heterocycles. The summed E-state index contributed by atoms with van der Waals surface area (Å²) in [5, 5.41) is 0. The Morgan fingerprint density at radius 3 is 3.08 bits per heavy atom. The highest BCUT2D eigenvalue weighted by Gasteiger charge is 2.27. The number of morpholine rings is 1. The Morgan fingerprint density at radius 1 is 1.50 bits per heavy atom. The molecule has 128 valence electrons. The molecule has 3 rings (SSSR count). The van der Waals surface area contributed by atoms with Crippen molar-refractivity contribution < 1.29 is 13.9 Å². The quantitative estimate of drug-likeness (QED) is 0.825. The van der Waals surface area contributed by atoms with E-state index in [1.54, 1.807) is 14.2 Å². The van der Waals surface area contributed by atoms with E-state index in [4.69, 9.17) is 9.47 Å². The monoisotopic (exact) mass is 334 g/mol. The van der Waals surface area contributed by atoms with Crippen molar-refractivity contribution in [3.05, 3.63) is 40.7 Å². The summed E-state index contributed by atoms with van der Waals surface area (Å²) in [6, 6.07) is 2.78. The Hall–Kier alpha value is -2.32. The lowest BCUT2D eigenvalue weighted by Gasteiger charge is -2.36. The van der Waals surface area contributed by atoms with Gasteiger partial charge in [-0.3, -0.25) is 14.3 Å². The van der Waals surface area contributed by atoms with Gasteiger partial charge in [0.1, 0.15) is 0 Å². The molecule has 0 bridgehead atoms. The van der Waals surface area contributed by atoms with Gasteiger partial charge in [0.2, 0.25) is 5.95 Å². The van der Waals surface area contributed by atoms with Crippen LogP contribution < -0.4 is 10.5 Å². The number of ether oxygens (including phenoxy) is 2. The van der Waals surface area contributed by atoms with Crippen molar-refractivity contribution in [2.45, 2.75) is 6.04 Å². The third kappa shape index (κ3) is 3.15. The molecule has 0 saturated carbocycles. The maximum absolute atomic E-state index is 14.0. The SMILES string of the molecule is COCC1COCCN1c1nc(-c2ccncc2F)cc(=O)n1C. The molecule has 1 fully saturated rings. The number of halogens is 1. The molecule has 0 radical (unpaired) electrons. The minimum absolute atomic E-state index is 0.0561. The van der Waals surface area contributed by atoms with Gasteiger partial charge in [0.25, 0.3) is 5.56 Å². The molecule has 0 spiro atoms. The van der Waals surface area contributed by atoms with E-state index in [1.807, 2.05) is 4.90 Å². The van der Waals surface area contributed by atoms with Crippen molar-refractivity contribution in [2.24, 2.45) is 7.05 Å². The maximum atomic E-state index is 14.0. The van der Waals surface area contributed by atoms with E-state index in [0.717, 1.165) is 6.20 Å². The van der Waals surface area contributed by atoms with Gasteiger partial charge in [-0.05, 0) is 6.07 Å². The summed E-state index contributed by atoms with van der Waals surface area (Å²) < 4.78 is 26.2. The normalized spacial score (nSPS) is 18.0. The van der Waals surface area contributed by atoms with Crippen LogP contribution in [0.25, 0.3) is 11.3 Å². The summed E-state index contributed by atoms with van der Waals surface area (Å²) in [6.45, 7) is 2.04. The van der Waals surface area contributed by atoms with Gasteiger partial charge in [0, 0.05) is 38.5 Å². The molecule has 0 aliphatic carbocycles. The van der Waals surface area contributed by atoms with Crippen molar-refractivity contribution in [3.8, 4) is 11.3 Å². The molecule has 1 aliphatic rings. The van der Waals surface area contributed by atoms with Crippen LogP contribution in [0.3, 0.4) is 0 Å². The fourth-order valence-electron chi connectivity index (χ4n) is 2.75. The molecule has 24 heavy (non-hydrogen) atoms. The zero-order valence-electron chi connectivity index (χ0n) is 13.6. The molecular formula is C16H19FN4O3. The number of pyridine rings is 1. The van der Waals surface area contributed by atoms with E-state index in [0.29, 0.717) is 32.3 Å². The van der Waals surface area contributed by atoms with E-state index < -0.39 is 5.82 Å². The average molecular weight is 334 g/mol. The average Bonchev–Trinajstić information content (AvgIpc) is 2.59. The predicted molar refractivity (Wildman–Crippen MR) is 86.5 cm³/mol. The van der Waals surface area contributed by atoms with Crippen molar-refractivity contribution in [1.82, 2.24) is 14.5 Å². The minimum atomic E-state index is -0.514. The summed E-state index contributed by atoms with van der Waals surface area (Å²) in [4.78, 5) is 22.6. The Labute approximate surface area is 138 Å². The molecule has 0 aromatic carbocycles. The van der Waals surface area contributed by atoms with Gasteiger partial charge in [-0.1, -0.05) is 0 Å². The van der Waals surface area contributed by atoms with Crippen molar-refractivity contribution in [3.63, 3.8) is 0 Å². The number of hydrogen-bond acceptors (Lipinski definition) is 6. The van der Waals surface area contributed by atoms with E-state index >= 15 is 0 Å². The van der Waals surface area contributed by atoms with Crippen LogP contribution >= 0.6 is 0 Å². The molecule has 2 aromatic rings. The van der Waals surface area contributed by atoms with Gasteiger partial charge < -0.3 is 14.4 Å². The highest BCUT2D eigenvalue weighted by molar-refractivity contribution is 5.60. The topological polar surface area (TPSA) is 69.5 Å². The molecule has 8 heteroatoms. The highest BCUT2D eigenvalue weighted by Crippen LogP contribution is 2.23. The maximum Gasteiger partial charge on any atom is 0.255 e. The summed E-state index contributed by atoms with van der Waals surface area (Å²) in [6.07, 6.45) is 2.58. The van der Waals surface area contributed by atoms with Crippen LogP contribution in [0.2, 0.25) is 0 Å². The van der Waals surface area contributed by atoms with Gasteiger partial charge >= 0.3 is 0 Å². The van der Waals surface area contributed by atoms with E-state index in [-0.39, 0.29) is 22.9 Å². The van der Waals surface area contributed by atoms with Crippen LogP contribution in [0.15, 0.2) is 29.3 Å². The van der Waals surface area contributed by atoms with Crippen LogP contribution in [0.1, 0.15) is 0 Å². The molecule has 2 aromatic heterocycles. The molecule has 7 nitrogen and oxygen atoms in total. The molecule has 1 unspecified atom stereocenters. The van der Waals surface area contributed by atoms with Crippen LogP contribution in [0.4, 0.5) is 10.3 Å². The molecule has 1 saturated heterocycles. The first-order valence-corrected chi connectivity index (χ1v) is 7.63. The Morgan fingerprint density at radius 2 is 2.33 bits per heavy atom. The lowest BCUT2D eigenvalue weighted by Crippen LogP contribution is -2.50. The third-order valence-corrected chi connectivity index (χ3v) is 4.00. The lowest BCUT2D eigenvalue weighted by molar-refractivity contribution is 0.0590. The first-order chi connectivity index (χ1) is 11.6. The smallest absolute Gasteiger partial charge is 0.255 e. The van der Waals surface area contributed by atoms with E-state index in [9.17, 15) is 9.18 Å². The third-order valence-electron chi connectivity index (χ3n) is 4.00. The number of nitrogens with zero attached hydrogens (tertiary/aromatic N) is 4. The summed E-state index contributed by atoms with van der Waals surface area (Å²) in [7, 11) is 3.26. The van der Waals surface area contributed by atoms with Crippen LogP contribution in [-0.2, 0) is 16.5 Å². The molecule has 0 N–H and O–H groups in total. The van der Waals surface area contributed by atoms with Crippen LogP contribution in [0.5, 0.6) is 0 Å². The van der Waals surface area contributed by atoms with Crippen LogP contribution in [0, 0.1) is 5.82 Å². The number of anilines is 1. The van der Waals surface area contributed by atoms with Crippen molar-refractivity contribution in [1.29, 1.82) is 0 Å². The largest absolute Gasteiger partial charge is 0.382 e. The lowest BCUT2D eigenvalue weighted by atomic mass is 10.2. The van der Waals surface area contributed by atoms with Crippen LogP contribution in [-0.4, -0.2) is 54.1 Å². The second kappa shape index (κ2) is 7.06. The van der Waals surface area contributed by atoms with Gasteiger partial charge in [-0.2, -0.15) is 0 Å². The molecule has 1 atom stereocenters. The Kier molecular flexibility index (Phi) is 4.86. The zero-order valence-corrected chi connectivity index (χ0v) is 13.6. The summed E-state index contributed by atoms with van der Waals surface area (Å²) >= 11 is 0. The zero-order chi connectivity index (χ0) is 17.1. The molecular weight excluding hydrogens is 315 g/mol. The van der Waals surface area contributed by atoms with Gasteiger partial charge in [0.05, 0.1) is 37.8 Å². The van der Waals surface area contributed by atoms with Gasteiger partial charge in [-0.25, -0.2) is 9.37 Å². The van der Waals surface area contributed by atoms with Gasteiger partial charge in [-0.15, -0.1) is 0 Å². The van der Waals surface area contributed by atoms with E-state index in [1.165, 1.54) is 22.9 Å². The Bertz CT molecular complexity index is 778. The standard InChI is InChI=1S/C16H19FN4O3/c1-20-15(22)7-14(12-3-4-18-8-13(12)17)19-16(20)21-5-6-24-10-11(21)9-23-2/h3-4,7-8,11H,5-6,9-10H2,1-2H3. The number of aromatic nitrogens is 3. The number of hydrogen-bond donors (Lipinski definition) is 0.